The van der Waals surface area contributed by atoms with E-state index in [0.29, 0.717) is 17.1 Å². The molecule has 1 aromatic carbocycles. The lowest BCUT2D eigenvalue weighted by molar-refractivity contribution is 0.0520. The van der Waals surface area contributed by atoms with Gasteiger partial charge in [-0.2, -0.15) is 5.01 Å². The van der Waals surface area contributed by atoms with Gasteiger partial charge in [-0.15, -0.1) is 11.3 Å². The molecule has 0 saturated heterocycles. The van der Waals surface area contributed by atoms with E-state index in [1.54, 1.807) is 19.1 Å². The van der Waals surface area contributed by atoms with Crippen LogP contribution in [-0.4, -0.2) is 36.0 Å². The average Bonchev–Trinajstić information content (AvgIpc) is 3.14. The third kappa shape index (κ3) is 5.66. The van der Waals surface area contributed by atoms with Crippen molar-refractivity contribution in [2.24, 2.45) is 0 Å². The molecular formula is C17H19ClN4O4S. The zero-order valence-electron chi connectivity index (χ0n) is 14.8. The topological polar surface area (TPSA) is 101 Å². The molecule has 0 fully saturated rings. The number of nitrogens with one attached hydrogen (secondary N) is 2. The van der Waals surface area contributed by atoms with Crippen LogP contribution < -0.4 is 15.8 Å². The van der Waals surface area contributed by atoms with Crippen LogP contribution in [0.1, 0.15) is 41.1 Å². The van der Waals surface area contributed by atoms with Crippen molar-refractivity contribution >= 4 is 46.0 Å². The normalized spacial score (nSPS) is 10.2. The van der Waals surface area contributed by atoms with Crippen LogP contribution in [0, 0.1) is 0 Å². The van der Waals surface area contributed by atoms with Crippen LogP contribution in [0.2, 0.25) is 5.02 Å². The molecule has 0 saturated carbocycles. The fraction of sp³-hybridized carbons (Fsp3) is 0.294. The second kappa shape index (κ2) is 9.89. The van der Waals surface area contributed by atoms with Crippen LogP contribution in [-0.2, 0) is 4.74 Å². The van der Waals surface area contributed by atoms with Crippen LogP contribution in [0.25, 0.3) is 0 Å². The molecule has 144 valence electrons. The van der Waals surface area contributed by atoms with Gasteiger partial charge in [0.25, 0.3) is 5.91 Å². The van der Waals surface area contributed by atoms with Gasteiger partial charge in [0, 0.05) is 22.5 Å². The maximum atomic E-state index is 12.5. The summed E-state index contributed by atoms with van der Waals surface area (Å²) >= 11 is 6.86. The number of anilines is 1. The molecule has 0 aliphatic rings. The molecule has 27 heavy (non-hydrogen) atoms. The average molecular weight is 411 g/mol. The molecule has 2 aromatic rings. The number of hydrogen-bond donors (Lipinski definition) is 2. The summed E-state index contributed by atoms with van der Waals surface area (Å²) in [4.78, 5) is 40.8. The third-order valence-corrected chi connectivity index (χ3v) is 4.29. The SMILES string of the molecule is CCCNC(=O)N(NC(=O)c1ccc(Cl)cc1)c1nc(C(=O)OCC)cs1. The molecule has 2 rings (SSSR count). The number of hydrazine groups is 1. The van der Waals surface area contributed by atoms with E-state index < -0.39 is 17.9 Å². The summed E-state index contributed by atoms with van der Waals surface area (Å²) in [5.41, 5.74) is 2.87. The molecule has 0 spiro atoms. The Balaban J connectivity index is 2.23. The van der Waals surface area contributed by atoms with Gasteiger partial charge in [0.1, 0.15) is 0 Å². The highest BCUT2D eigenvalue weighted by molar-refractivity contribution is 7.14. The number of urea groups is 1. The number of thiazole rings is 1. The maximum Gasteiger partial charge on any atom is 0.357 e. The van der Waals surface area contributed by atoms with E-state index in [9.17, 15) is 14.4 Å². The van der Waals surface area contributed by atoms with Crippen LogP contribution in [0.5, 0.6) is 0 Å². The van der Waals surface area contributed by atoms with Crippen molar-refractivity contribution in [1.82, 2.24) is 15.7 Å². The molecule has 8 nitrogen and oxygen atoms in total. The Kier molecular flexibility index (Phi) is 7.56. The highest BCUT2D eigenvalue weighted by atomic mass is 35.5. The minimum absolute atomic E-state index is 0.0610. The predicted molar refractivity (Wildman–Crippen MR) is 103 cm³/mol. The van der Waals surface area contributed by atoms with E-state index in [0.717, 1.165) is 22.8 Å². The summed E-state index contributed by atoms with van der Waals surface area (Å²) < 4.78 is 4.89. The molecule has 0 bridgehead atoms. The van der Waals surface area contributed by atoms with E-state index in [1.807, 2.05) is 6.92 Å². The highest BCUT2D eigenvalue weighted by Crippen LogP contribution is 2.20. The van der Waals surface area contributed by atoms with E-state index in [1.165, 1.54) is 17.5 Å². The van der Waals surface area contributed by atoms with Crippen molar-refractivity contribution < 1.29 is 19.1 Å². The lowest BCUT2D eigenvalue weighted by atomic mass is 10.2. The number of aromatic nitrogens is 1. The van der Waals surface area contributed by atoms with Crippen LogP contribution in [0.4, 0.5) is 9.93 Å². The smallest absolute Gasteiger partial charge is 0.357 e. The maximum absolute atomic E-state index is 12.5. The highest BCUT2D eigenvalue weighted by Gasteiger charge is 2.23. The van der Waals surface area contributed by atoms with Crippen LogP contribution in [0.15, 0.2) is 29.6 Å². The third-order valence-electron chi connectivity index (χ3n) is 3.22. The van der Waals surface area contributed by atoms with Gasteiger partial charge >= 0.3 is 12.0 Å². The van der Waals surface area contributed by atoms with Crippen LogP contribution in [0.3, 0.4) is 0 Å². The number of nitrogens with zero attached hydrogens (tertiary/aromatic N) is 2. The van der Waals surface area contributed by atoms with Crippen molar-refractivity contribution in [2.75, 3.05) is 18.2 Å². The summed E-state index contributed by atoms with van der Waals surface area (Å²) in [6.45, 7) is 4.21. The number of carbonyl (C=O) groups is 3. The molecule has 1 heterocycles. The van der Waals surface area contributed by atoms with Crippen LogP contribution >= 0.6 is 22.9 Å². The first kappa shape index (κ1) is 20.7. The monoisotopic (exact) mass is 410 g/mol. The Morgan fingerprint density at radius 2 is 1.93 bits per heavy atom. The fourth-order valence-electron chi connectivity index (χ4n) is 1.93. The number of hydrogen-bond acceptors (Lipinski definition) is 6. The zero-order chi connectivity index (χ0) is 19.8. The standard InChI is InChI=1S/C17H19ClN4O4S/c1-3-9-19-16(25)22(17-20-13(10-27-17)15(24)26-4-2)21-14(23)11-5-7-12(18)8-6-11/h5-8,10H,3-4,9H2,1-2H3,(H,19,25)(H,21,23). The van der Waals surface area contributed by atoms with Gasteiger partial charge in [0.2, 0.25) is 5.13 Å². The van der Waals surface area contributed by atoms with E-state index >= 15 is 0 Å². The van der Waals surface area contributed by atoms with Crippen molar-refractivity contribution in [1.29, 1.82) is 0 Å². The molecule has 3 amide bonds. The number of esters is 1. The van der Waals surface area contributed by atoms with Crippen molar-refractivity contribution in [3.05, 3.63) is 45.9 Å². The number of carbonyl (C=O) groups excluding carboxylic acids is 3. The van der Waals surface area contributed by atoms with E-state index in [4.69, 9.17) is 16.3 Å². The first-order chi connectivity index (χ1) is 13.0. The van der Waals surface area contributed by atoms with E-state index in [2.05, 4.69) is 15.7 Å². The summed E-state index contributed by atoms with van der Waals surface area (Å²) in [5.74, 6) is -1.12. The second-order valence-electron chi connectivity index (χ2n) is 5.25. The van der Waals surface area contributed by atoms with Gasteiger partial charge in [0.15, 0.2) is 5.69 Å². The molecule has 10 heteroatoms. The number of rotatable bonds is 6. The molecule has 0 unspecified atom stereocenters. The lowest BCUT2D eigenvalue weighted by Gasteiger charge is -2.20. The van der Waals surface area contributed by atoms with Gasteiger partial charge in [-0.3, -0.25) is 10.2 Å². The minimum atomic E-state index is -0.599. The number of benzene rings is 1. The Morgan fingerprint density at radius 1 is 1.22 bits per heavy atom. The summed E-state index contributed by atoms with van der Waals surface area (Å²) in [5, 5.41) is 5.72. The molecule has 0 aliphatic carbocycles. The summed E-state index contributed by atoms with van der Waals surface area (Å²) in [6, 6.07) is 5.64. The number of halogens is 1. The Hall–Kier alpha value is -2.65. The summed E-state index contributed by atoms with van der Waals surface area (Å²) in [6.07, 6.45) is 0.719. The van der Waals surface area contributed by atoms with E-state index in [-0.39, 0.29) is 17.4 Å². The Labute approximate surface area is 165 Å². The first-order valence-electron chi connectivity index (χ1n) is 8.23. The predicted octanol–water partition coefficient (Wildman–Crippen LogP) is 3.24. The first-order valence-corrected chi connectivity index (χ1v) is 9.49. The van der Waals surface area contributed by atoms with Gasteiger partial charge < -0.3 is 10.1 Å². The molecule has 0 aliphatic heterocycles. The lowest BCUT2D eigenvalue weighted by Crippen LogP contribution is -2.51. The van der Waals surface area contributed by atoms with Crippen molar-refractivity contribution in [3.8, 4) is 0 Å². The van der Waals surface area contributed by atoms with Gasteiger partial charge in [-0.05, 0) is 37.6 Å². The number of ether oxygens (including phenoxy) is 1. The summed E-state index contributed by atoms with van der Waals surface area (Å²) in [7, 11) is 0. The Morgan fingerprint density at radius 3 is 2.56 bits per heavy atom. The van der Waals surface area contributed by atoms with Crippen molar-refractivity contribution in [2.45, 2.75) is 20.3 Å². The molecule has 0 atom stereocenters. The zero-order valence-corrected chi connectivity index (χ0v) is 16.4. The number of amides is 3. The van der Waals surface area contributed by atoms with Crippen molar-refractivity contribution in [3.63, 3.8) is 0 Å². The van der Waals surface area contributed by atoms with Gasteiger partial charge in [-0.25, -0.2) is 14.6 Å². The van der Waals surface area contributed by atoms with Gasteiger partial charge in [0.05, 0.1) is 6.61 Å². The minimum Gasteiger partial charge on any atom is -0.461 e. The molecule has 0 radical (unpaired) electrons. The fourth-order valence-corrected chi connectivity index (χ4v) is 2.81. The van der Waals surface area contributed by atoms with Gasteiger partial charge in [-0.1, -0.05) is 18.5 Å². The molecule has 2 N–H and O–H groups in total. The molecular weight excluding hydrogens is 392 g/mol. The second-order valence-corrected chi connectivity index (χ2v) is 6.52. The molecule has 1 aromatic heterocycles. The largest absolute Gasteiger partial charge is 0.461 e. The Bertz CT molecular complexity index is 810. The quantitative estimate of drug-likeness (QED) is 0.562.